The fourth-order valence-electron chi connectivity index (χ4n) is 1.40. The van der Waals surface area contributed by atoms with Crippen molar-refractivity contribution in [2.24, 2.45) is 0 Å². The summed E-state index contributed by atoms with van der Waals surface area (Å²) in [5, 5.41) is 21.9. The maximum atomic E-state index is 13.1. The number of halogens is 1. The molecule has 18 heavy (non-hydrogen) atoms. The van der Waals surface area contributed by atoms with Gasteiger partial charge in [0.2, 0.25) is 5.91 Å². The lowest BCUT2D eigenvalue weighted by molar-refractivity contribution is -0.119. The molecule has 0 fully saturated rings. The maximum Gasteiger partial charge on any atom is 0.216 e. The van der Waals surface area contributed by atoms with Crippen LogP contribution in [0.1, 0.15) is 25.0 Å². The third kappa shape index (κ3) is 3.94. The quantitative estimate of drug-likeness (QED) is 0.580. The van der Waals surface area contributed by atoms with Gasteiger partial charge < -0.3 is 21.3 Å². The number of pyridine rings is 1. The van der Waals surface area contributed by atoms with Crippen molar-refractivity contribution >= 4 is 11.7 Å². The van der Waals surface area contributed by atoms with Crippen LogP contribution < -0.4 is 11.1 Å². The Kier molecular flexibility index (Phi) is 4.99. The van der Waals surface area contributed by atoms with E-state index in [0.29, 0.717) is 0 Å². The zero-order valence-electron chi connectivity index (χ0n) is 9.93. The van der Waals surface area contributed by atoms with Crippen molar-refractivity contribution in [3.05, 3.63) is 23.6 Å². The van der Waals surface area contributed by atoms with Crippen molar-refractivity contribution in [1.29, 1.82) is 0 Å². The molecule has 100 valence electrons. The standard InChI is InChI=1S/C11H16FN3O3/c1-6(16)14-3-2-9(17)10(18)7-4-8(12)11(13)15-5-7/h4-5,9-10,17-18H,2-3H2,1H3,(H2,13,15)(H,14,16). The Morgan fingerprint density at radius 3 is 2.83 bits per heavy atom. The third-order valence-electron chi connectivity index (χ3n) is 2.41. The normalized spacial score (nSPS) is 14.0. The molecule has 0 aliphatic rings. The van der Waals surface area contributed by atoms with Gasteiger partial charge in [0.1, 0.15) is 6.10 Å². The van der Waals surface area contributed by atoms with Crippen LogP contribution in [-0.4, -0.2) is 33.8 Å². The summed E-state index contributed by atoms with van der Waals surface area (Å²) in [6.07, 6.45) is -1.06. The van der Waals surface area contributed by atoms with E-state index in [1.165, 1.54) is 13.1 Å². The predicted octanol–water partition coefficient (Wildman–Crippen LogP) is -0.277. The molecular formula is C11H16FN3O3. The highest BCUT2D eigenvalue weighted by Crippen LogP contribution is 2.20. The van der Waals surface area contributed by atoms with Gasteiger partial charge in [0.25, 0.3) is 0 Å². The maximum absolute atomic E-state index is 13.1. The van der Waals surface area contributed by atoms with Gasteiger partial charge >= 0.3 is 0 Å². The van der Waals surface area contributed by atoms with Crippen LogP contribution in [0, 0.1) is 5.82 Å². The van der Waals surface area contributed by atoms with E-state index in [2.05, 4.69) is 10.3 Å². The first-order valence-electron chi connectivity index (χ1n) is 5.43. The number of aliphatic hydroxyl groups excluding tert-OH is 2. The molecule has 6 nitrogen and oxygen atoms in total. The molecule has 1 rings (SSSR count). The number of aromatic nitrogens is 1. The predicted molar refractivity (Wildman–Crippen MR) is 62.9 cm³/mol. The molecule has 0 spiro atoms. The molecule has 0 saturated heterocycles. The first-order valence-corrected chi connectivity index (χ1v) is 5.43. The molecule has 0 aromatic carbocycles. The first-order chi connectivity index (χ1) is 8.41. The molecule has 0 aliphatic heterocycles. The minimum Gasteiger partial charge on any atom is -0.390 e. The molecule has 1 heterocycles. The van der Waals surface area contributed by atoms with Crippen molar-refractivity contribution < 1.29 is 19.4 Å². The number of carbonyl (C=O) groups is 1. The summed E-state index contributed by atoms with van der Waals surface area (Å²) in [6.45, 7) is 1.57. The fraction of sp³-hybridized carbons (Fsp3) is 0.455. The highest BCUT2D eigenvalue weighted by atomic mass is 19.1. The average molecular weight is 257 g/mol. The number of rotatable bonds is 5. The lowest BCUT2D eigenvalue weighted by Crippen LogP contribution is -2.27. The Labute approximate surface area is 104 Å². The second-order valence-electron chi connectivity index (χ2n) is 3.92. The number of nitrogens with two attached hydrogens (primary N) is 1. The number of nitrogen functional groups attached to an aromatic ring is 1. The Bertz CT molecular complexity index is 428. The van der Waals surface area contributed by atoms with Crippen molar-refractivity contribution in [1.82, 2.24) is 10.3 Å². The largest absolute Gasteiger partial charge is 0.390 e. The van der Waals surface area contributed by atoms with Gasteiger partial charge in [-0.1, -0.05) is 0 Å². The first kappa shape index (κ1) is 14.3. The molecule has 0 saturated carbocycles. The summed E-state index contributed by atoms with van der Waals surface area (Å²) < 4.78 is 13.1. The SMILES string of the molecule is CC(=O)NCCC(O)C(O)c1cnc(N)c(F)c1. The van der Waals surface area contributed by atoms with Crippen LogP contribution in [0.3, 0.4) is 0 Å². The smallest absolute Gasteiger partial charge is 0.216 e. The monoisotopic (exact) mass is 257 g/mol. The van der Waals surface area contributed by atoms with Gasteiger partial charge in [-0.25, -0.2) is 9.37 Å². The molecular weight excluding hydrogens is 241 g/mol. The fourth-order valence-corrected chi connectivity index (χ4v) is 1.40. The highest BCUT2D eigenvalue weighted by molar-refractivity contribution is 5.72. The molecule has 0 aliphatic carbocycles. The summed E-state index contributed by atoms with van der Waals surface area (Å²) in [5.41, 5.74) is 5.34. The molecule has 1 amide bonds. The number of anilines is 1. The van der Waals surface area contributed by atoms with E-state index >= 15 is 0 Å². The Morgan fingerprint density at radius 1 is 1.61 bits per heavy atom. The molecule has 7 heteroatoms. The molecule has 1 aromatic heterocycles. The lowest BCUT2D eigenvalue weighted by Gasteiger charge is -2.18. The summed E-state index contributed by atoms with van der Waals surface area (Å²) in [7, 11) is 0. The number of hydrogen-bond donors (Lipinski definition) is 4. The van der Waals surface area contributed by atoms with Crippen molar-refractivity contribution in [3.63, 3.8) is 0 Å². The van der Waals surface area contributed by atoms with Gasteiger partial charge in [-0.15, -0.1) is 0 Å². The van der Waals surface area contributed by atoms with Crippen molar-refractivity contribution in [3.8, 4) is 0 Å². The Morgan fingerprint density at radius 2 is 2.28 bits per heavy atom. The second-order valence-corrected chi connectivity index (χ2v) is 3.92. The van der Waals surface area contributed by atoms with E-state index in [1.54, 1.807) is 0 Å². The highest BCUT2D eigenvalue weighted by Gasteiger charge is 2.19. The Hall–Kier alpha value is -1.73. The van der Waals surface area contributed by atoms with E-state index in [9.17, 15) is 19.4 Å². The number of carbonyl (C=O) groups excluding carboxylic acids is 1. The number of nitrogens with one attached hydrogen (secondary N) is 1. The molecule has 2 atom stereocenters. The van der Waals surface area contributed by atoms with E-state index in [1.807, 2.05) is 0 Å². The zero-order chi connectivity index (χ0) is 13.7. The van der Waals surface area contributed by atoms with Gasteiger partial charge in [-0.3, -0.25) is 4.79 Å². The number of nitrogens with zero attached hydrogens (tertiary/aromatic N) is 1. The summed E-state index contributed by atoms with van der Waals surface area (Å²) in [6, 6.07) is 1.02. The third-order valence-corrected chi connectivity index (χ3v) is 2.41. The molecule has 5 N–H and O–H groups in total. The van der Waals surface area contributed by atoms with Crippen LogP contribution in [0.2, 0.25) is 0 Å². The topological polar surface area (TPSA) is 108 Å². The summed E-state index contributed by atoms with van der Waals surface area (Å²) in [5.74, 6) is -1.24. The van der Waals surface area contributed by atoms with Crippen molar-refractivity contribution in [2.45, 2.75) is 25.6 Å². The minimum atomic E-state index is -1.28. The Balaban J connectivity index is 2.59. The van der Waals surface area contributed by atoms with Crippen LogP contribution in [0.4, 0.5) is 10.2 Å². The van der Waals surface area contributed by atoms with Crippen LogP contribution >= 0.6 is 0 Å². The molecule has 0 bridgehead atoms. The van der Waals surface area contributed by atoms with Gasteiger partial charge in [0.15, 0.2) is 11.6 Å². The van der Waals surface area contributed by atoms with Crippen LogP contribution in [0.5, 0.6) is 0 Å². The van der Waals surface area contributed by atoms with E-state index in [0.717, 1.165) is 6.07 Å². The van der Waals surface area contributed by atoms with Crippen LogP contribution in [0.25, 0.3) is 0 Å². The van der Waals surface area contributed by atoms with Gasteiger partial charge in [0, 0.05) is 25.2 Å². The number of hydrogen-bond acceptors (Lipinski definition) is 5. The summed E-state index contributed by atoms with van der Waals surface area (Å²) in [4.78, 5) is 14.2. The van der Waals surface area contributed by atoms with Gasteiger partial charge in [-0.05, 0) is 12.5 Å². The average Bonchev–Trinajstić information content (AvgIpc) is 2.31. The minimum absolute atomic E-state index is 0.136. The molecule has 2 unspecified atom stereocenters. The number of amides is 1. The van der Waals surface area contributed by atoms with Gasteiger partial charge in [0.05, 0.1) is 6.10 Å². The van der Waals surface area contributed by atoms with E-state index in [4.69, 9.17) is 5.73 Å². The van der Waals surface area contributed by atoms with Crippen molar-refractivity contribution in [2.75, 3.05) is 12.3 Å². The number of aliphatic hydroxyl groups is 2. The molecule has 1 aromatic rings. The molecule has 0 radical (unpaired) electrons. The summed E-state index contributed by atoms with van der Waals surface area (Å²) >= 11 is 0. The second kappa shape index (κ2) is 6.27. The zero-order valence-corrected chi connectivity index (χ0v) is 9.93. The van der Waals surface area contributed by atoms with E-state index < -0.39 is 18.0 Å². The van der Waals surface area contributed by atoms with Gasteiger partial charge in [-0.2, -0.15) is 0 Å². The van der Waals surface area contributed by atoms with Crippen LogP contribution in [0.15, 0.2) is 12.3 Å². The van der Waals surface area contributed by atoms with E-state index in [-0.39, 0.29) is 30.3 Å². The van der Waals surface area contributed by atoms with Crippen LogP contribution in [-0.2, 0) is 4.79 Å². The lowest BCUT2D eigenvalue weighted by atomic mass is 10.0.